The first-order valence-electron chi connectivity index (χ1n) is 4.08. The quantitative estimate of drug-likeness (QED) is 0.789. The maximum absolute atomic E-state index is 6.04. The molecule has 0 N–H and O–H groups in total. The van der Waals surface area contributed by atoms with Gasteiger partial charge in [-0.2, -0.15) is 0 Å². The molecule has 0 bridgehead atoms. The van der Waals surface area contributed by atoms with Crippen molar-refractivity contribution in [2.24, 2.45) is 0 Å². The lowest BCUT2D eigenvalue weighted by atomic mass is 10.2. The van der Waals surface area contributed by atoms with Crippen LogP contribution in [-0.4, -0.2) is 10.2 Å². The minimum absolute atomic E-state index is 0.657. The van der Waals surface area contributed by atoms with E-state index in [1.165, 1.54) is 11.3 Å². The first-order chi connectivity index (χ1) is 7.25. The van der Waals surface area contributed by atoms with Gasteiger partial charge >= 0.3 is 0 Å². The van der Waals surface area contributed by atoms with E-state index in [9.17, 15) is 0 Å². The van der Waals surface area contributed by atoms with Crippen molar-refractivity contribution in [1.82, 2.24) is 10.2 Å². The van der Waals surface area contributed by atoms with Gasteiger partial charge in [0, 0.05) is 15.8 Å². The highest BCUT2D eigenvalue weighted by molar-refractivity contribution is 8.00. The third-order valence-electron chi connectivity index (χ3n) is 1.71. The van der Waals surface area contributed by atoms with Crippen molar-refractivity contribution in [2.75, 3.05) is 0 Å². The van der Waals surface area contributed by atoms with Crippen molar-refractivity contribution < 1.29 is 0 Å². The van der Waals surface area contributed by atoms with Crippen molar-refractivity contribution in [1.29, 1.82) is 0 Å². The molecule has 0 amide bonds. The standard InChI is InChI=1S/C9H6Cl2N2S2/c10-7-2-1-6(8(11)3-7)4-14-9-13-12-5-15-9/h1-3,5H,4H2. The van der Waals surface area contributed by atoms with Gasteiger partial charge in [-0.15, -0.1) is 10.2 Å². The summed E-state index contributed by atoms with van der Waals surface area (Å²) in [7, 11) is 0. The largest absolute Gasteiger partial charge is 0.174 e. The SMILES string of the molecule is Clc1ccc(CSc2nncs2)c(Cl)c1. The summed E-state index contributed by atoms with van der Waals surface area (Å²) in [5.74, 6) is 0.783. The van der Waals surface area contributed by atoms with E-state index in [1.54, 1.807) is 23.3 Å². The monoisotopic (exact) mass is 276 g/mol. The molecule has 78 valence electrons. The van der Waals surface area contributed by atoms with Gasteiger partial charge in [-0.3, -0.25) is 0 Å². The topological polar surface area (TPSA) is 25.8 Å². The molecule has 0 aliphatic rings. The first kappa shape index (κ1) is 11.2. The maximum atomic E-state index is 6.04. The van der Waals surface area contributed by atoms with Gasteiger partial charge in [-0.25, -0.2) is 0 Å². The predicted molar refractivity (Wildman–Crippen MR) is 65.9 cm³/mol. The Morgan fingerprint density at radius 3 is 2.87 bits per heavy atom. The molecule has 0 fully saturated rings. The highest BCUT2D eigenvalue weighted by Gasteiger charge is 2.03. The van der Waals surface area contributed by atoms with Gasteiger partial charge in [0.05, 0.1) is 0 Å². The summed E-state index contributed by atoms with van der Waals surface area (Å²) < 4.78 is 0.945. The molecule has 1 aromatic heterocycles. The van der Waals surface area contributed by atoms with Crippen LogP contribution in [0.4, 0.5) is 0 Å². The zero-order valence-electron chi connectivity index (χ0n) is 7.48. The van der Waals surface area contributed by atoms with Crippen LogP contribution in [0.1, 0.15) is 5.56 Å². The molecular formula is C9H6Cl2N2S2. The van der Waals surface area contributed by atoms with E-state index in [2.05, 4.69) is 10.2 Å². The van der Waals surface area contributed by atoms with E-state index in [0.717, 1.165) is 15.7 Å². The number of nitrogens with zero attached hydrogens (tertiary/aromatic N) is 2. The Morgan fingerprint density at radius 2 is 2.20 bits per heavy atom. The lowest BCUT2D eigenvalue weighted by Gasteiger charge is -2.02. The third-order valence-corrected chi connectivity index (χ3v) is 4.20. The Labute approximate surface area is 106 Å². The van der Waals surface area contributed by atoms with Crippen LogP contribution in [0.15, 0.2) is 28.0 Å². The van der Waals surface area contributed by atoms with Gasteiger partial charge in [0.2, 0.25) is 0 Å². The van der Waals surface area contributed by atoms with Crippen LogP contribution in [0.2, 0.25) is 10.0 Å². The molecule has 1 aromatic carbocycles. The Hall–Kier alpha value is -0.290. The van der Waals surface area contributed by atoms with E-state index in [-0.39, 0.29) is 0 Å². The Balaban J connectivity index is 2.05. The van der Waals surface area contributed by atoms with Crippen LogP contribution in [0.25, 0.3) is 0 Å². The molecule has 0 saturated carbocycles. The second-order valence-corrected chi connectivity index (χ2v) is 5.63. The summed E-state index contributed by atoms with van der Waals surface area (Å²) in [4.78, 5) is 0. The van der Waals surface area contributed by atoms with Gasteiger partial charge in [-0.05, 0) is 17.7 Å². The lowest BCUT2D eigenvalue weighted by molar-refractivity contribution is 1.01. The van der Waals surface area contributed by atoms with Crippen LogP contribution >= 0.6 is 46.3 Å². The molecule has 0 saturated heterocycles. The molecule has 0 unspecified atom stereocenters. The van der Waals surface area contributed by atoms with E-state index >= 15 is 0 Å². The van der Waals surface area contributed by atoms with Crippen molar-refractivity contribution in [3.63, 3.8) is 0 Å². The first-order valence-corrected chi connectivity index (χ1v) is 6.71. The summed E-state index contributed by atoms with van der Waals surface area (Å²) in [6.07, 6.45) is 0. The van der Waals surface area contributed by atoms with Crippen LogP contribution in [0.5, 0.6) is 0 Å². The Kier molecular flexibility index (Phi) is 3.86. The summed E-state index contributed by atoms with van der Waals surface area (Å²) in [6.45, 7) is 0. The molecule has 2 nitrogen and oxygen atoms in total. The lowest BCUT2D eigenvalue weighted by Crippen LogP contribution is -1.82. The average Bonchev–Trinajstić information content (AvgIpc) is 2.69. The number of aromatic nitrogens is 2. The molecule has 15 heavy (non-hydrogen) atoms. The van der Waals surface area contributed by atoms with Crippen LogP contribution in [0, 0.1) is 0 Å². The fourth-order valence-electron chi connectivity index (χ4n) is 1.00. The van der Waals surface area contributed by atoms with Crippen molar-refractivity contribution in [2.45, 2.75) is 10.1 Å². The minimum Gasteiger partial charge on any atom is -0.146 e. The van der Waals surface area contributed by atoms with E-state index < -0.39 is 0 Å². The number of thioether (sulfide) groups is 1. The maximum Gasteiger partial charge on any atom is 0.174 e. The summed E-state index contributed by atoms with van der Waals surface area (Å²) in [6, 6.07) is 5.52. The zero-order valence-corrected chi connectivity index (χ0v) is 10.6. The van der Waals surface area contributed by atoms with E-state index in [1.807, 2.05) is 12.1 Å². The molecule has 2 aromatic rings. The molecule has 0 radical (unpaired) electrons. The normalized spacial score (nSPS) is 10.5. The minimum atomic E-state index is 0.657. The number of rotatable bonds is 3. The van der Waals surface area contributed by atoms with Gasteiger partial charge < -0.3 is 0 Å². The molecule has 2 rings (SSSR count). The molecule has 0 aliphatic carbocycles. The predicted octanol–water partition coefficient (Wildman–Crippen LogP) is 4.14. The van der Waals surface area contributed by atoms with Crippen molar-refractivity contribution in [3.8, 4) is 0 Å². The third kappa shape index (κ3) is 3.08. The van der Waals surface area contributed by atoms with E-state index in [4.69, 9.17) is 23.2 Å². The molecule has 6 heteroatoms. The van der Waals surface area contributed by atoms with Crippen molar-refractivity contribution >= 4 is 46.3 Å². The van der Waals surface area contributed by atoms with Crippen molar-refractivity contribution in [3.05, 3.63) is 39.3 Å². The van der Waals surface area contributed by atoms with Gasteiger partial charge in [0.15, 0.2) is 4.34 Å². The van der Waals surface area contributed by atoms with Gasteiger partial charge in [-0.1, -0.05) is 52.4 Å². The van der Waals surface area contributed by atoms with E-state index in [0.29, 0.717) is 10.0 Å². The average molecular weight is 277 g/mol. The smallest absolute Gasteiger partial charge is 0.146 e. The number of hydrogen-bond acceptors (Lipinski definition) is 4. The molecule has 1 heterocycles. The second kappa shape index (κ2) is 5.16. The van der Waals surface area contributed by atoms with Gasteiger partial charge in [0.1, 0.15) is 5.51 Å². The van der Waals surface area contributed by atoms with Crippen LogP contribution in [-0.2, 0) is 5.75 Å². The van der Waals surface area contributed by atoms with Crippen LogP contribution < -0.4 is 0 Å². The second-order valence-electron chi connectivity index (χ2n) is 2.73. The summed E-state index contributed by atoms with van der Waals surface area (Å²) in [5, 5.41) is 9.06. The van der Waals surface area contributed by atoms with Gasteiger partial charge in [0.25, 0.3) is 0 Å². The number of hydrogen-bond donors (Lipinski definition) is 0. The van der Waals surface area contributed by atoms with Crippen LogP contribution in [0.3, 0.4) is 0 Å². The summed E-state index contributed by atoms with van der Waals surface area (Å²) >= 11 is 15.0. The fourth-order valence-corrected chi connectivity index (χ4v) is 3.05. The highest BCUT2D eigenvalue weighted by atomic mass is 35.5. The molecule has 0 spiro atoms. The Bertz CT molecular complexity index is 445. The number of benzene rings is 1. The molecule has 0 atom stereocenters. The fraction of sp³-hybridized carbons (Fsp3) is 0.111. The zero-order chi connectivity index (χ0) is 10.7. The summed E-state index contributed by atoms with van der Waals surface area (Å²) in [5.41, 5.74) is 2.77. The Morgan fingerprint density at radius 1 is 1.33 bits per heavy atom. The number of halogens is 2. The molecular weight excluding hydrogens is 271 g/mol. The molecule has 0 aliphatic heterocycles. The highest BCUT2D eigenvalue weighted by Crippen LogP contribution is 2.28.